The van der Waals surface area contributed by atoms with Crippen molar-refractivity contribution in [3.63, 3.8) is 0 Å². The molecule has 0 saturated heterocycles. The predicted molar refractivity (Wildman–Crippen MR) is 175 cm³/mol. The number of urea groups is 1. The number of carbonyl (C=O) groups excluding carboxylic acids is 2. The minimum Gasteiger partial charge on any atom is -0.488 e. The Balaban J connectivity index is 1.37. The second-order valence-electron chi connectivity index (χ2n) is 10.9. The molecular weight excluding hydrogens is 598 g/mol. The zero-order valence-electron chi connectivity index (χ0n) is 25.7. The van der Waals surface area contributed by atoms with Crippen LogP contribution in [0.5, 0.6) is 5.75 Å². The van der Waals surface area contributed by atoms with E-state index < -0.39 is 18.0 Å². The lowest BCUT2D eigenvalue weighted by Crippen LogP contribution is -2.34. The van der Waals surface area contributed by atoms with Crippen LogP contribution in [0, 0.1) is 11.8 Å². The van der Waals surface area contributed by atoms with Crippen molar-refractivity contribution in [3.8, 4) is 23.3 Å². The quantitative estimate of drug-likeness (QED) is 0.239. The van der Waals surface area contributed by atoms with E-state index in [4.69, 9.17) is 4.74 Å². The van der Waals surface area contributed by atoms with E-state index in [0.29, 0.717) is 40.0 Å². The fourth-order valence-electron chi connectivity index (χ4n) is 5.86. The average molecular weight is 628 g/mol. The van der Waals surface area contributed by atoms with Crippen LogP contribution in [0.2, 0.25) is 0 Å². The number of aryl methyl sites for hydroxylation is 1. The van der Waals surface area contributed by atoms with Gasteiger partial charge in [-0.15, -0.1) is 5.10 Å². The van der Waals surface area contributed by atoms with E-state index in [1.807, 2.05) is 43.4 Å². The molecule has 0 radical (unpaired) electrons. The number of benzene rings is 2. The number of ether oxygens (including phenoxy) is 1. The van der Waals surface area contributed by atoms with E-state index in [2.05, 4.69) is 43.0 Å². The second-order valence-corrected chi connectivity index (χ2v) is 10.9. The van der Waals surface area contributed by atoms with Crippen molar-refractivity contribution in [2.24, 2.45) is 7.05 Å². The number of fused-ring (bicyclic) bond motifs is 1. The molecule has 7 rings (SSSR count). The van der Waals surface area contributed by atoms with Crippen molar-refractivity contribution in [2.75, 3.05) is 11.9 Å². The maximum Gasteiger partial charge on any atom is 0.320 e. The topological polar surface area (TPSA) is 149 Å². The summed E-state index contributed by atoms with van der Waals surface area (Å²) in [5.41, 5.74) is 3.24. The number of nitrogens with one attached hydrogen (secondary N) is 3. The zero-order chi connectivity index (χ0) is 32.7. The van der Waals surface area contributed by atoms with Crippen LogP contribution in [0.4, 0.5) is 10.6 Å². The molecule has 0 unspecified atom stereocenters. The fraction of sp³-hybridized carbons (Fsp3) is 0.176. The van der Waals surface area contributed by atoms with E-state index in [-0.39, 0.29) is 29.2 Å². The number of anilines is 1. The normalized spacial score (nSPS) is 12.3. The first-order chi connectivity index (χ1) is 22.8. The highest BCUT2D eigenvalue weighted by atomic mass is 16.5. The Hall–Kier alpha value is -6.42. The third-order valence-electron chi connectivity index (χ3n) is 7.82. The van der Waals surface area contributed by atoms with Crippen molar-refractivity contribution < 1.29 is 14.3 Å². The van der Waals surface area contributed by atoms with E-state index in [1.165, 1.54) is 10.7 Å². The minimum atomic E-state index is -0.703. The van der Waals surface area contributed by atoms with Gasteiger partial charge in [0.15, 0.2) is 11.5 Å². The maximum absolute atomic E-state index is 14.6. The summed E-state index contributed by atoms with van der Waals surface area (Å²) in [7, 11) is 1.81. The first-order valence-electron chi connectivity index (χ1n) is 15.0. The van der Waals surface area contributed by atoms with Crippen molar-refractivity contribution >= 4 is 34.2 Å². The van der Waals surface area contributed by atoms with E-state index >= 15 is 0 Å². The van der Waals surface area contributed by atoms with E-state index in [0.717, 1.165) is 11.1 Å². The maximum atomic E-state index is 14.6. The molecule has 47 heavy (non-hydrogen) atoms. The van der Waals surface area contributed by atoms with Gasteiger partial charge < -0.3 is 15.4 Å². The molecule has 0 bridgehead atoms. The van der Waals surface area contributed by atoms with Gasteiger partial charge in [0.25, 0.3) is 11.5 Å². The highest BCUT2D eigenvalue weighted by molar-refractivity contribution is 6.07. The predicted octanol–water partition coefficient (Wildman–Crippen LogP) is 3.69. The van der Waals surface area contributed by atoms with Gasteiger partial charge in [-0.2, -0.15) is 5.10 Å². The summed E-state index contributed by atoms with van der Waals surface area (Å²) in [6, 6.07) is 13.3. The van der Waals surface area contributed by atoms with Crippen LogP contribution < -0.4 is 26.2 Å². The Kier molecular flexibility index (Phi) is 7.37. The molecule has 0 saturated carbocycles. The first kappa shape index (κ1) is 29.3. The van der Waals surface area contributed by atoms with Crippen molar-refractivity contribution in [1.29, 1.82) is 0 Å². The largest absolute Gasteiger partial charge is 0.488 e. The van der Waals surface area contributed by atoms with Gasteiger partial charge in [0.05, 0.1) is 28.9 Å². The fourth-order valence-corrected chi connectivity index (χ4v) is 5.86. The molecule has 1 atom stereocenters. The molecule has 0 fully saturated rings. The number of amides is 3. The number of para-hydroxylation sites is 1. The molecule has 3 amide bonds. The number of pyridine rings is 1. The SMILES string of the molecule is CCNC(=O)Nc1nn2cccnc2c1C(=O)N[C@@H](C)c1c2c3c(ccc(C#Cc4cnn(C)c4)c3c(=O)n1-c1ccccc1)OC2. The van der Waals surface area contributed by atoms with Gasteiger partial charge in [-0.05, 0) is 44.2 Å². The summed E-state index contributed by atoms with van der Waals surface area (Å²) in [5, 5.41) is 18.0. The average Bonchev–Trinajstić information content (AvgIpc) is 3.78. The number of aromatic nitrogens is 6. The highest BCUT2D eigenvalue weighted by Gasteiger charge is 2.31. The Morgan fingerprint density at radius 2 is 1.91 bits per heavy atom. The third kappa shape index (κ3) is 5.21. The van der Waals surface area contributed by atoms with Gasteiger partial charge in [0.1, 0.15) is 17.9 Å². The highest BCUT2D eigenvalue weighted by Crippen LogP contribution is 2.39. The Bertz CT molecular complexity index is 2330. The molecule has 0 spiro atoms. The first-order valence-corrected chi connectivity index (χ1v) is 15.0. The number of nitrogens with zero attached hydrogens (tertiary/aromatic N) is 6. The molecule has 0 aliphatic carbocycles. The summed E-state index contributed by atoms with van der Waals surface area (Å²) in [4.78, 5) is 45.4. The van der Waals surface area contributed by atoms with Gasteiger partial charge in [0.2, 0.25) is 0 Å². The number of carbonyl (C=O) groups is 2. The standard InChI is InChI=1S/C34H29N9O4/c1-4-35-34(46)39-30-28(31-36-15-8-16-42(31)40-30)32(44)38-20(2)29-24-19-47-25-14-13-22(12-11-21-17-37-41(3)18-21)26(27(24)25)33(45)43(29)23-9-6-5-7-10-23/h5-10,13-18,20H,4,19H2,1-3H3,(H,38,44)(H2,35,39,40,46)/t20-/m0/s1. The minimum absolute atomic E-state index is 0.0466. The molecule has 13 nitrogen and oxygen atoms in total. The summed E-state index contributed by atoms with van der Waals surface area (Å²) >= 11 is 0. The van der Waals surface area contributed by atoms with Crippen molar-refractivity contribution in [2.45, 2.75) is 26.5 Å². The monoisotopic (exact) mass is 627 g/mol. The summed E-state index contributed by atoms with van der Waals surface area (Å²) in [6.45, 7) is 4.16. The molecule has 4 aromatic heterocycles. The molecule has 2 aromatic carbocycles. The van der Waals surface area contributed by atoms with Gasteiger partial charge in [-0.25, -0.2) is 14.3 Å². The summed E-state index contributed by atoms with van der Waals surface area (Å²) in [6.07, 6.45) is 6.64. The Labute approximate surface area is 268 Å². The molecule has 3 N–H and O–H groups in total. The molecule has 1 aliphatic heterocycles. The Morgan fingerprint density at radius 3 is 2.68 bits per heavy atom. The van der Waals surface area contributed by atoms with E-state index in [1.54, 1.807) is 53.8 Å². The number of hydrogen-bond acceptors (Lipinski definition) is 7. The molecule has 5 heterocycles. The van der Waals surface area contributed by atoms with Gasteiger partial charge in [0, 0.05) is 54.4 Å². The summed E-state index contributed by atoms with van der Waals surface area (Å²) < 4.78 is 10.8. The van der Waals surface area contributed by atoms with Crippen LogP contribution >= 0.6 is 0 Å². The van der Waals surface area contributed by atoms with Crippen LogP contribution in [-0.2, 0) is 13.7 Å². The van der Waals surface area contributed by atoms with Crippen LogP contribution in [0.1, 0.15) is 52.6 Å². The van der Waals surface area contributed by atoms with Crippen LogP contribution in [0.25, 0.3) is 22.1 Å². The molecule has 234 valence electrons. The second kappa shape index (κ2) is 11.8. The van der Waals surface area contributed by atoms with Gasteiger partial charge in [-0.1, -0.05) is 30.0 Å². The van der Waals surface area contributed by atoms with Gasteiger partial charge in [-0.3, -0.25) is 24.2 Å². The Morgan fingerprint density at radius 1 is 1.09 bits per heavy atom. The van der Waals surface area contributed by atoms with Crippen LogP contribution in [0.3, 0.4) is 0 Å². The summed E-state index contributed by atoms with van der Waals surface area (Å²) in [5.74, 6) is 6.36. The van der Waals surface area contributed by atoms with Gasteiger partial charge >= 0.3 is 6.03 Å². The molecule has 1 aliphatic rings. The van der Waals surface area contributed by atoms with Crippen LogP contribution in [-0.4, -0.2) is 47.4 Å². The number of rotatable bonds is 6. The number of hydrogen-bond donors (Lipinski definition) is 3. The molecule has 13 heteroatoms. The zero-order valence-corrected chi connectivity index (χ0v) is 25.7. The lowest BCUT2D eigenvalue weighted by molar-refractivity contribution is 0.0940. The smallest absolute Gasteiger partial charge is 0.320 e. The van der Waals surface area contributed by atoms with E-state index in [9.17, 15) is 14.4 Å². The molecule has 6 aromatic rings. The van der Waals surface area contributed by atoms with Crippen molar-refractivity contribution in [1.82, 2.24) is 39.6 Å². The molecular formula is C34H29N9O4. The lowest BCUT2D eigenvalue weighted by Gasteiger charge is -2.23. The van der Waals surface area contributed by atoms with Crippen molar-refractivity contribution in [3.05, 3.63) is 112 Å². The van der Waals surface area contributed by atoms with Crippen LogP contribution in [0.15, 0.2) is 78.1 Å². The third-order valence-corrected chi connectivity index (χ3v) is 7.82. The lowest BCUT2D eigenvalue weighted by atomic mass is 9.97.